The third-order valence-corrected chi connectivity index (χ3v) is 4.05. The Hall–Kier alpha value is -1.38. The Bertz CT molecular complexity index is 528. The summed E-state index contributed by atoms with van der Waals surface area (Å²) in [6, 6.07) is 12.7. The molecule has 3 heteroatoms. The number of halogens is 1. The van der Waals surface area contributed by atoms with Gasteiger partial charge in [0.2, 0.25) is 0 Å². The van der Waals surface area contributed by atoms with Crippen molar-refractivity contribution in [2.75, 3.05) is 13.1 Å². The molecule has 0 radical (unpaired) electrons. The second kappa shape index (κ2) is 8.81. The minimum absolute atomic E-state index is 0.516. The van der Waals surface area contributed by atoms with Crippen LogP contribution in [0.25, 0.3) is 0 Å². The second-order valence-electron chi connectivity index (χ2n) is 5.32. The fraction of sp³-hybridized carbons (Fsp3) is 0.389. The molecule has 2 aromatic rings. The largest absolute Gasteiger partial charge is 0.316 e. The second-order valence-corrected chi connectivity index (χ2v) is 5.72. The maximum atomic E-state index is 6.20. The van der Waals surface area contributed by atoms with Crippen LogP contribution in [-0.4, -0.2) is 18.1 Å². The molecule has 2 rings (SSSR count). The van der Waals surface area contributed by atoms with E-state index in [2.05, 4.69) is 47.6 Å². The minimum atomic E-state index is 0.516. The summed E-state index contributed by atoms with van der Waals surface area (Å²) in [7, 11) is 0. The molecule has 0 aliphatic rings. The zero-order valence-corrected chi connectivity index (χ0v) is 13.3. The van der Waals surface area contributed by atoms with E-state index in [-0.39, 0.29) is 0 Å². The van der Waals surface area contributed by atoms with Crippen molar-refractivity contribution >= 4 is 11.6 Å². The number of aryl methyl sites for hydroxylation is 1. The molecule has 0 aliphatic heterocycles. The number of benzene rings is 1. The number of nitrogens with one attached hydrogen (secondary N) is 1. The first kappa shape index (κ1) is 16.0. The highest BCUT2D eigenvalue weighted by Gasteiger charge is 2.12. The van der Waals surface area contributed by atoms with Gasteiger partial charge in [0.25, 0.3) is 0 Å². The van der Waals surface area contributed by atoms with Crippen molar-refractivity contribution < 1.29 is 0 Å². The molecule has 112 valence electrons. The highest BCUT2D eigenvalue weighted by molar-refractivity contribution is 6.31. The zero-order chi connectivity index (χ0) is 14.9. The normalized spacial score (nSPS) is 12.3. The Morgan fingerprint density at radius 1 is 1.19 bits per heavy atom. The van der Waals surface area contributed by atoms with Crippen molar-refractivity contribution in [1.82, 2.24) is 10.3 Å². The van der Waals surface area contributed by atoms with Gasteiger partial charge < -0.3 is 5.32 Å². The van der Waals surface area contributed by atoms with Gasteiger partial charge in [-0.05, 0) is 48.9 Å². The van der Waals surface area contributed by atoms with E-state index in [4.69, 9.17) is 11.6 Å². The summed E-state index contributed by atoms with van der Waals surface area (Å²) < 4.78 is 0. The van der Waals surface area contributed by atoms with Gasteiger partial charge in [-0.25, -0.2) is 0 Å². The van der Waals surface area contributed by atoms with Gasteiger partial charge in [0, 0.05) is 18.9 Å². The standard InChI is InChI=1S/C18H23ClN2/c1-2-11-20-13-17(15-6-4-3-5-7-15)9-8-16-10-12-21-14-18(16)19/h3-7,10,12,14,17,20H,2,8-9,11,13H2,1H3. The molecule has 1 aromatic carbocycles. The van der Waals surface area contributed by atoms with Crippen LogP contribution in [0.1, 0.15) is 36.8 Å². The van der Waals surface area contributed by atoms with E-state index in [9.17, 15) is 0 Å². The van der Waals surface area contributed by atoms with Gasteiger partial charge in [0.05, 0.1) is 5.02 Å². The number of rotatable bonds is 8. The van der Waals surface area contributed by atoms with Gasteiger partial charge in [-0.15, -0.1) is 0 Å². The van der Waals surface area contributed by atoms with Crippen LogP contribution in [0.3, 0.4) is 0 Å². The Labute approximate surface area is 132 Å². The predicted octanol–water partition coefficient (Wildman–Crippen LogP) is 4.45. The summed E-state index contributed by atoms with van der Waals surface area (Å²) in [5, 5.41) is 4.31. The molecule has 0 fully saturated rings. The van der Waals surface area contributed by atoms with Gasteiger partial charge in [0.15, 0.2) is 0 Å². The summed E-state index contributed by atoms with van der Waals surface area (Å²) in [6.45, 7) is 4.28. The van der Waals surface area contributed by atoms with Crippen LogP contribution in [0.15, 0.2) is 48.8 Å². The lowest BCUT2D eigenvalue weighted by Crippen LogP contribution is -2.22. The topological polar surface area (TPSA) is 24.9 Å². The van der Waals surface area contributed by atoms with Gasteiger partial charge in [-0.3, -0.25) is 4.98 Å². The lowest BCUT2D eigenvalue weighted by Gasteiger charge is -2.18. The number of hydrogen-bond acceptors (Lipinski definition) is 2. The molecular formula is C18H23ClN2. The molecule has 1 N–H and O–H groups in total. The van der Waals surface area contributed by atoms with Crippen molar-refractivity contribution in [2.24, 2.45) is 0 Å². The first-order valence-electron chi connectivity index (χ1n) is 7.65. The first-order chi connectivity index (χ1) is 10.3. The quantitative estimate of drug-likeness (QED) is 0.729. The average molecular weight is 303 g/mol. The van der Waals surface area contributed by atoms with E-state index in [0.717, 1.165) is 37.4 Å². The Balaban J connectivity index is 2.00. The van der Waals surface area contributed by atoms with Gasteiger partial charge in [-0.2, -0.15) is 0 Å². The highest BCUT2D eigenvalue weighted by Crippen LogP contribution is 2.23. The molecule has 1 aromatic heterocycles. The van der Waals surface area contributed by atoms with E-state index in [1.54, 1.807) is 6.20 Å². The molecule has 0 saturated heterocycles. The lowest BCUT2D eigenvalue weighted by molar-refractivity contribution is 0.548. The maximum Gasteiger partial charge on any atom is 0.0621 e. The summed E-state index contributed by atoms with van der Waals surface area (Å²) >= 11 is 6.20. The van der Waals surface area contributed by atoms with Gasteiger partial charge in [0.1, 0.15) is 0 Å². The van der Waals surface area contributed by atoms with Crippen LogP contribution < -0.4 is 5.32 Å². The molecule has 0 bridgehead atoms. The van der Waals surface area contributed by atoms with Crippen molar-refractivity contribution in [3.63, 3.8) is 0 Å². The smallest absolute Gasteiger partial charge is 0.0621 e. The monoisotopic (exact) mass is 302 g/mol. The minimum Gasteiger partial charge on any atom is -0.316 e. The molecular weight excluding hydrogens is 280 g/mol. The maximum absolute atomic E-state index is 6.20. The predicted molar refractivity (Wildman–Crippen MR) is 89.9 cm³/mol. The SMILES string of the molecule is CCCNCC(CCc1ccncc1Cl)c1ccccc1. The van der Waals surface area contributed by atoms with Crippen LogP contribution >= 0.6 is 11.6 Å². The van der Waals surface area contributed by atoms with Crippen LogP contribution in [0.4, 0.5) is 0 Å². The van der Waals surface area contributed by atoms with Gasteiger partial charge in [-0.1, -0.05) is 48.9 Å². The fourth-order valence-electron chi connectivity index (χ4n) is 2.50. The molecule has 1 unspecified atom stereocenters. The third-order valence-electron chi connectivity index (χ3n) is 3.71. The summed E-state index contributed by atoms with van der Waals surface area (Å²) in [5.74, 6) is 0.516. The zero-order valence-electron chi connectivity index (χ0n) is 12.6. The fourth-order valence-corrected chi connectivity index (χ4v) is 2.72. The van der Waals surface area contributed by atoms with Crippen LogP contribution in [-0.2, 0) is 6.42 Å². The molecule has 0 aliphatic carbocycles. The van der Waals surface area contributed by atoms with Crippen LogP contribution in [0, 0.1) is 0 Å². The van der Waals surface area contributed by atoms with Crippen molar-refractivity contribution in [3.05, 3.63) is 64.9 Å². The first-order valence-corrected chi connectivity index (χ1v) is 8.03. The highest BCUT2D eigenvalue weighted by atomic mass is 35.5. The van der Waals surface area contributed by atoms with Crippen LogP contribution in [0.5, 0.6) is 0 Å². The van der Waals surface area contributed by atoms with E-state index in [0.29, 0.717) is 5.92 Å². The molecule has 1 heterocycles. The van der Waals surface area contributed by atoms with E-state index in [1.165, 1.54) is 11.1 Å². The lowest BCUT2D eigenvalue weighted by atomic mass is 9.92. The third kappa shape index (κ3) is 5.14. The number of nitrogens with zero attached hydrogens (tertiary/aromatic N) is 1. The molecule has 21 heavy (non-hydrogen) atoms. The molecule has 0 amide bonds. The van der Waals surface area contributed by atoms with Crippen LogP contribution in [0.2, 0.25) is 5.02 Å². The van der Waals surface area contributed by atoms with Gasteiger partial charge >= 0.3 is 0 Å². The number of pyridine rings is 1. The van der Waals surface area contributed by atoms with Crippen molar-refractivity contribution in [1.29, 1.82) is 0 Å². The number of aromatic nitrogens is 1. The van der Waals surface area contributed by atoms with Crippen molar-refractivity contribution in [2.45, 2.75) is 32.1 Å². The number of hydrogen-bond donors (Lipinski definition) is 1. The van der Waals surface area contributed by atoms with E-state index in [1.807, 2.05) is 12.3 Å². The van der Waals surface area contributed by atoms with Crippen molar-refractivity contribution in [3.8, 4) is 0 Å². The van der Waals surface area contributed by atoms with E-state index < -0.39 is 0 Å². The molecule has 0 saturated carbocycles. The summed E-state index contributed by atoms with van der Waals surface area (Å²) in [4.78, 5) is 4.05. The molecule has 0 spiro atoms. The molecule has 1 atom stereocenters. The summed E-state index contributed by atoms with van der Waals surface area (Å²) in [5.41, 5.74) is 2.58. The molecule has 2 nitrogen and oxygen atoms in total. The van der Waals surface area contributed by atoms with E-state index >= 15 is 0 Å². The average Bonchev–Trinajstić information content (AvgIpc) is 2.53. The Kier molecular flexibility index (Phi) is 6.71. The summed E-state index contributed by atoms with van der Waals surface area (Å²) in [6.07, 6.45) is 6.77. The Morgan fingerprint density at radius 2 is 2.00 bits per heavy atom. The Morgan fingerprint density at radius 3 is 2.71 bits per heavy atom.